The summed E-state index contributed by atoms with van der Waals surface area (Å²) in [6.45, 7) is 1.39. The van der Waals surface area contributed by atoms with Crippen molar-refractivity contribution in [2.45, 2.75) is 18.9 Å². The van der Waals surface area contributed by atoms with Gasteiger partial charge in [-0.1, -0.05) is 5.16 Å². The molecule has 92 valence electrons. The molecule has 4 N–H and O–H groups in total. The monoisotopic (exact) mass is 229 g/mol. The maximum atomic E-state index is 11.4. The lowest BCUT2D eigenvalue weighted by molar-refractivity contribution is 0.160. The Morgan fingerprint density at radius 3 is 2.56 bits per heavy atom. The van der Waals surface area contributed by atoms with Crippen LogP contribution in [0.25, 0.3) is 0 Å². The molecule has 0 aromatic carbocycles. The van der Waals surface area contributed by atoms with Crippen LogP contribution in [0.2, 0.25) is 0 Å². The van der Waals surface area contributed by atoms with Crippen molar-refractivity contribution < 1.29 is 10.0 Å². The number of rotatable bonds is 1. The molecule has 1 aliphatic rings. The number of hydrogen-bond donors (Lipinski definition) is 3. The summed E-state index contributed by atoms with van der Waals surface area (Å²) < 4.78 is 0. The van der Waals surface area contributed by atoms with Gasteiger partial charge >= 0.3 is 6.03 Å². The van der Waals surface area contributed by atoms with Gasteiger partial charge in [0.1, 0.15) is 0 Å². The van der Waals surface area contributed by atoms with Gasteiger partial charge in [-0.25, -0.2) is 4.79 Å². The van der Waals surface area contributed by atoms with Gasteiger partial charge in [-0.15, -0.1) is 0 Å². The summed E-state index contributed by atoms with van der Waals surface area (Å²) in [5, 5.41) is 14.1. The summed E-state index contributed by atoms with van der Waals surface area (Å²) in [4.78, 5) is 14.9. The highest BCUT2D eigenvalue weighted by atomic mass is 16.4. The topological polar surface area (TPSA) is 94.2 Å². The summed E-state index contributed by atoms with van der Waals surface area (Å²) in [5.41, 5.74) is 5.49. The number of likely N-dealkylation sites (tertiary alicyclic amines) is 1. The lowest BCUT2D eigenvalue weighted by atomic mass is 10.0. The van der Waals surface area contributed by atoms with E-state index in [4.69, 9.17) is 10.9 Å². The number of nitrogens with one attached hydrogen (secondary N) is 1. The second-order valence-electron chi connectivity index (χ2n) is 3.84. The van der Waals surface area contributed by atoms with Crippen LogP contribution < -0.4 is 11.1 Å². The van der Waals surface area contributed by atoms with Gasteiger partial charge in [-0.3, -0.25) is 0 Å². The smallest absolute Gasteiger partial charge is 0.317 e. The van der Waals surface area contributed by atoms with Crippen molar-refractivity contribution in [1.29, 1.82) is 0 Å². The Bertz CT molecular complexity index is 273. The fourth-order valence-corrected chi connectivity index (χ4v) is 1.89. The Balaban J connectivity index is 2.46. The van der Waals surface area contributed by atoms with Gasteiger partial charge in [0.15, 0.2) is 0 Å². The predicted molar refractivity (Wildman–Crippen MR) is 60.2 cm³/mol. The number of oxime groups is 1. The van der Waals surface area contributed by atoms with Gasteiger partial charge in [0.2, 0.25) is 5.96 Å². The fraction of sp³-hybridized carbons (Fsp3) is 0.778. The number of carbonyl (C=O) groups is 1. The lowest BCUT2D eigenvalue weighted by Gasteiger charge is -2.36. The van der Waals surface area contributed by atoms with E-state index in [-0.39, 0.29) is 18.0 Å². The Morgan fingerprint density at radius 2 is 2.12 bits per heavy atom. The maximum Gasteiger partial charge on any atom is 0.317 e. The molecule has 0 radical (unpaired) electrons. The molecule has 16 heavy (non-hydrogen) atoms. The van der Waals surface area contributed by atoms with Gasteiger partial charge in [0.05, 0.1) is 0 Å². The highest BCUT2D eigenvalue weighted by Crippen LogP contribution is 2.14. The summed E-state index contributed by atoms with van der Waals surface area (Å²) in [7, 11) is 3.40. The van der Waals surface area contributed by atoms with Crippen LogP contribution in [0.3, 0.4) is 0 Å². The molecule has 0 aromatic rings. The molecule has 0 unspecified atom stereocenters. The van der Waals surface area contributed by atoms with E-state index < -0.39 is 0 Å². The van der Waals surface area contributed by atoms with Crippen LogP contribution in [-0.2, 0) is 0 Å². The van der Waals surface area contributed by atoms with Gasteiger partial charge < -0.3 is 26.1 Å². The molecule has 1 saturated heterocycles. The summed E-state index contributed by atoms with van der Waals surface area (Å²) >= 11 is 0. The summed E-state index contributed by atoms with van der Waals surface area (Å²) in [6.07, 6.45) is 1.64. The van der Waals surface area contributed by atoms with Crippen LogP contribution in [0.1, 0.15) is 12.8 Å². The standard InChI is InChI=1S/C9H19N5O2/c1-11-9(15)13(2)7-3-5-14(6-4-7)8(10)12-16/h7,16H,3-6H2,1-2H3,(H2,10,12)(H,11,15). The van der Waals surface area contributed by atoms with Crippen molar-refractivity contribution in [3.63, 3.8) is 0 Å². The SMILES string of the molecule is CNC(=O)N(C)C1CCN(C(N)=NO)CC1. The van der Waals surface area contributed by atoms with Crippen LogP contribution >= 0.6 is 0 Å². The first-order valence-electron chi connectivity index (χ1n) is 5.27. The number of nitrogens with zero attached hydrogens (tertiary/aromatic N) is 3. The molecule has 2 amide bonds. The highest BCUT2D eigenvalue weighted by molar-refractivity contribution is 5.77. The Hall–Kier alpha value is -1.66. The number of amides is 2. The van der Waals surface area contributed by atoms with Gasteiger partial charge in [-0.05, 0) is 12.8 Å². The van der Waals surface area contributed by atoms with Crippen LogP contribution in [0.15, 0.2) is 5.16 Å². The van der Waals surface area contributed by atoms with Crippen molar-refractivity contribution in [1.82, 2.24) is 15.1 Å². The molecule has 1 aliphatic heterocycles. The zero-order chi connectivity index (χ0) is 12.1. The second kappa shape index (κ2) is 5.43. The van der Waals surface area contributed by atoms with Gasteiger partial charge in [0.25, 0.3) is 0 Å². The third-order valence-electron chi connectivity index (χ3n) is 2.97. The molecule has 1 heterocycles. The molecule has 0 atom stereocenters. The first-order chi connectivity index (χ1) is 7.60. The zero-order valence-corrected chi connectivity index (χ0v) is 9.68. The highest BCUT2D eigenvalue weighted by Gasteiger charge is 2.25. The first kappa shape index (κ1) is 12.4. The van der Waals surface area contributed by atoms with Crippen molar-refractivity contribution >= 4 is 12.0 Å². The van der Waals surface area contributed by atoms with E-state index in [0.29, 0.717) is 13.1 Å². The van der Waals surface area contributed by atoms with E-state index in [9.17, 15) is 4.79 Å². The largest absolute Gasteiger partial charge is 0.408 e. The minimum atomic E-state index is -0.0813. The van der Waals surface area contributed by atoms with E-state index in [2.05, 4.69) is 10.5 Å². The maximum absolute atomic E-state index is 11.4. The molecular formula is C9H19N5O2. The van der Waals surface area contributed by atoms with E-state index in [1.807, 2.05) is 0 Å². The molecule has 7 heteroatoms. The molecule has 0 bridgehead atoms. The Kier molecular flexibility index (Phi) is 4.21. The zero-order valence-electron chi connectivity index (χ0n) is 9.68. The number of nitrogens with two attached hydrogens (primary N) is 1. The van der Waals surface area contributed by atoms with E-state index in [1.165, 1.54) is 0 Å². The van der Waals surface area contributed by atoms with Crippen molar-refractivity contribution in [2.24, 2.45) is 10.9 Å². The number of guanidine groups is 1. The Morgan fingerprint density at radius 1 is 1.56 bits per heavy atom. The quantitative estimate of drug-likeness (QED) is 0.243. The molecule has 0 aromatic heterocycles. The third-order valence-corrected chi connectivity index (χ3v) is 2.97. The molecule has 1 fully saturated rings. The van der Waals surface area contributed by atoms with E-state index >= 15 is 0 Å². The van der Waals surface area contributed by atoms with Crippen molar-refractivity contribution in [3.05, 3.63) is 0 Å². The van der Waals surface area contributed by atoms with Gasteiger partial charge in [-0.2, -0.15) is 0 Å². The van der Waals surface area contributed by atoms with Crippen LogP contribution in [0.5, 0.6) is 0 Å². The average Bonchev–Trinajstić information content (AvgIpc) is 2.36. The third kappa shape index (κ3) is 2.68. The lowest BCUT2D eigenvalue weighted by Crippen LogP contribution is -2.50. The first-order valence-corrected chi connectivity index (χ1v) is 5.27. The minimum absolute atomic E-state index is 0.0813. The molecule has 0 aliphatic carbocycles. The minimum Gasteiger partial charge on any atom is -0.408 e. The van der Waals surface area contributed by atoms with E-state index in [0.717, 1.165) is 12.8 Å². The van der Waals surface area contributed by atoms with Crippen LogP contribution in [-0.4, -0.2) is 60.2 Å². The number of urea groups is 1. The van der Waals surface area contributed by atoms with Gasteiger partial charge in [0, 0.05) is 33.2 Å². The molecule has 0 saturated carbocycles. The van der Waals surface area contributed by atoms with Crippen LogP contribution in [0.4, 0.5) is 4.79 Å². The summed E-state index contributed by atoms with van der Waals surface area (Å²) in [5.74, 6) is 0.140. The van der Waals surface area contributed by atoms with Crippen LogP contribution in [0, 0.1) is 0 Å². The fourth-order valence-electron chi connectivity index (χ4n) is 1.89. The Labute approximate surface area is 94.9 Å². The molecule has 0 spiro atoms. The number of carbonyl (C=O) groups excluding carboxylic acids is 1. The molecule has 1 rings (SSSR count). The second-order valence-corrected chi connectivity index (χ2v) is 3.84. The molecular weight excluding hydrogens is 210 g/mol. The number of piperidine rings is 1. The average molecular weight is 229 g/mol. The predicted octanol–water partition coefficient (Wildman–Crippen LogP) is -0.574. The van der Waals surface area contributed by atoms with E-state index in [1.54, 1.807) is 23.9 Å². The molecule has 7 nitrogen and oxygen atoms in total. The summed E-state index contributed by atoms with van der Waals surface area (Å²) in [6, 6.07) is 0.130. The van der Waals surface area contributed by atoms with Crippen molar-refractivity contribution in [2.75, 3.05) is 27.2 Å². The normalized spacial score (nSPS) is 18.4. The number of hydrogen-bond acceptors (Lipinski definition) is 3. The van der Waals surface area contributed by atoms with Crippen molar-refractivity contribution in [3.8, 4) is 0 Å².